The van der Waals surface area contributed by atoms with Crippen molar-refractivity contribution in [1.82, 2.24) is 4.90 Å². The zero-order chi connectivity index (χ0) is 14.5. The van der Waals surface area contributed by atoms with Gasteiger partial charge in [-0.2, -0.15) is 0 Å². The molecule has 112 valence electrons. The Balaban J connectivity index is 2.00. The molecule has 1 aliphatic rings. The van der Waals surface area contributed by atoms with Crippen molar-refractivity contribution >= 4 is 23.2 Å². The van der Waals surface area contributed by atoms with Gasteiger partial charge in [-0.15, -0.1) is 0 Å². The molecule has 1 aromatic carbocycles. The average Bonchev–Trinajstić information content (AvgIpc) is 2.45. The largest absolute Gasteiger partial charge is 0.489 e. The van der Waals surface area contributed by atoms with Gasteiger partial charge in [0, 0.05) is 23.7 Å². The van der Waals surface area contributed by atoms with Crippen LogP contribution in [0.4, 0.5) is 0 Å². The number of benzene rings is 1. The van der Waals surface area contributed by atoms with Crippen molar-refractivity contribution in [2.24, 2.45) is 0 Å². The van der Waals surface area contributed by atoms with Gasteiger partial charge in [-0.05, 0) is 18.7 Å². The van der Waals surface area contributed by atoms with Crippen LogP contribution in [0.25, 0.3) is 0 Å². The molecular weight excluding hydrogens is 301 g/mol. The summed E-state index contributed by atoms with van der Waals surface area (Å²) in [5.74, 6) is 0.482. The number of aliphatic hydroxyl groups is 1. The molecule has 0 saturated carbocycles. The van der Waals surface area contributed by atoms with E-state index in [1.54, 1.807) is 12.1 Å². The lowest BCUT2D eigenvalue weighted by atomic mass is 10.2. The Labute approximate surface area is 129 Å². The molecule has 1 N–H and O–H groups in total. The van der Waals surface area contributed by atoms with E-state index in [-0.39, 0.29) is 12.7 Å². The van der Waals surface area contributed by atoms with Crippen LogP contribution < -0.4 is 4.74 Å². The second-order valence-corrected chi connectivity index (χ2v) is 5.57. The summed E-state index contributed by atoms with van der Waals surface area (Å²) in [6.45, 7) is 5.88. The van der Waals surface area contributed by atoms with Crippen molar-refractivity contribution < 1.29 is 14.6 Å². The molecule has 1 heterocycles. The number of halogens is 2. The minimum Gasteiger partial charge on any atom is -0.489 e. The van der Waals surface area contributed by atoms with Crippen LogP contribution in [-0.2, 0) is 11.3 Å². The molecule has 0 spiro atoms. The number of likely N-dealkylation sites (N-methyl/N-ethyl adjacent to an activating group) is 1. The summed E-state index contributed by atoms with van der Waals surface area (Å²) in [5, 5.41) is 10.2. The van der Waals surface area contributed by atoms with Crippen molar-refractivity contribution in [3.8, 4) is 5.75 Å². The predicted molar refractivity (Wildman–Crippen MR) is 79.7 cm³/mol. The highest BCUT2D eigenvalue weighted by Crippen LogP contribution is 2.32. The molecular formula is C14H19Cl2NO3. The van der Waals surface area contributed by atoms with Gasteiger partial charge in [0.1, 0.15) is 18.5 Å². The first-order chi connectivity index (χ1) is 9.63. The summed E-state index contributed by atoms with van der Waals surface area (Å²) < 4.78 is 11.4. The molecule has 6 heteroatoms. The Morgan fingerprint density at radius 3 is 2.95 bits per heavy atom. The predicted octanol–water partition coefficient (Wildman–Crippen LogP) is 2.59. The van der Waals surface area contributed by atoms with E-state index in [0.717, 1.165) is 19.6 Å². The highest BCUT2D eigenvalue weighted by Gasteiger charge is 2.21. The molecule has 1 aliphatic heterocycles. The number of nitrogens with zero attached hydrogens (tertiary/aromatic N) is 1. The number of morpholine rings is 1. The van der Waals surface area contributed by atoms with Gasteiger partial charge in [-0.3, -0.25) is 4.90 Å². The van der Waals surface area contributed by atoms with Crippen LogP contribution in [0.3, 0.4) is 0 Å². The molecule has 0 radical (unpaired) electrons. The van der Waals surface area contributed by atoms with E-state index >= 15 is 0 Å². The second-order valence-electron chi connectivity index (χ2n) is 4.73. The highest BCUT2D eigenvalue weighted by atomic mass is 35.5. The van der Waals surface area contributed by atoms with Gasteiger partial charge in [0.2, 0.25) is 0 Å². The Bertz CT molecular complexity index is 456. The van der Waals surface area contributed by atoms with Gasteiger partial charge in [-0.25, -0.2) is 0 Å². The maximum Gasteiger partial charge on any atom is 0.143 e. The van der Waals surface area contributed by atoms with Crippen LogP contribution in [0.15, 0.2) is 12.1 Å². The Morgan fingerprint density at radius 2 is 2.25 bits per heavy atom. The maximum absolute atomic E-state index is 9.35. The number of aliphatic hydroxyl groups excluding tert-OH is 1. The lowest BCUT2D eigenvalue weighted by Crippen LogP contribution is -2.44. The van der Waals surface area contributed by atoms with E-state index in [0.29, 0.717) is 34.6 Å². The molecule has 0 bridgehead atoms. The first-order valence-electron chi connectivity index (χ1n) is 6.69. The van der Waals surface area contributed by atoms with Crippen LogP contribution in [0.1, 0.15) is 12.5 Å². The van der Waals surface area contributed by atoms with Crippen LogP contribution in [-0.4, -0.2) is 49.0 Å². The summed E-state index contributed by atoms with van der Waals surface area (Å²) in [6, 6.07) is 3.26. The van der Waals surface area contributed by atoms with E-state index in [4.69, 9.17) is 32.7 Å². The third kappa shape index (κ3) is 3.99. The minimum atomic E-state index is -0.164. The van der Waals surface area contributed by atoms with Crippen molar-refractivity contribution in [3.05, 3.63) is 27.7 Å². The highest BCUT2D eigenvalue weighted by molar-refractivity contribution is 6.35. The molecule has 0 amide bonds. The molecule has 2 rings (SSSR count). The van der Waals surface area contributed by atoms with Crippen LogP contribution in [0.2, 0.25) is 10.0 Å². The lowest BCUT2D eigenvalue weighted by Gasteiger charge is -2.32. The van der Waals surface area contributed by atoms with Crippen molar-refractivity contribution in [1.29, 1.82) is 0 Å². The average molecular weight is 320 g/mol. The number of ether oxygens (including phenoxy) is 2. The fraction of sp³-hybridized carbons (Fsp3) is 0.571. The maximum atomic E-state index is 9.35. The molecule has 1 unspecified atom stereocenters. The van der Waals surface area contributed by atoms with Crippen molar-refractivity contribution in [2.75, 3.05) is 32.8 Å². The molecule has 4 nitrogen and oxygen atoms in total. The van der Waals surface area contributed by atoms with E-state index in [1.165, 1.54) is 0 Å². The van der Waals surface area contributed by atoms with Crippen molar-refractivity contribution in [3.63, 3.8) is 0 Å². The van der Waals surface area contributed by atoms with E-state index in [2.05, 4.69) is 11.8 Å². The normalized spacial score (nSPS) is 20.1. The van der Waals surface area contributed by atoms with Gasteiger partial charge in [0.25, 0.3) is 0 Å². The number of hydrogen-bond donors (Lipinski definition) is 1. The molecule has 0 aromatic heterocycles. The van der Waals surface area contributed by atoms with E-state index in [1.807, 2.05) is 0 Å². The van der Waals surface area contributed by atoms with Gasteiger partial charge in [0.15, 0.2) is 0 Å². The van der Waals surface area contributed by atoms with Crippen LogP contribution in [0.5, 0.6) is 5.75 Å². The topological polar surface area (TPSA) is 41.9 Å². The SMILES string of the molecule is CCN1CCOC(COc2c(Cl)cc(Cl)cc2CO)C1. The summed E-state index contributed by atoms with van der Waals surface area (Å²) >= 11 is 12.0. The van der Waals surface area contributed by atoms with Crippen LogP contribution in [0, 0.1) is 0 Å². The zero-order valence-corrected chi connectivity index (χ0v) is 13.0. The molecule has 1 saturated heterocycles. The van der Waals surface area contributed by atoms with E-state index in [9.17, 15) is 5.11 Å². The molecule has 0 aliphatic carbocycles. The minimum absolute atomic E-state index is 0.0157. The first kappa shape index (κ1) is 15.9. The summed E-state index contributed by atoms with van der Waals surface area (Å²) in [7, 11) is 0. The molecule has 1 fully saturated rings. The summed E-state index contributed by atoms with van der Waals surface area (Å²) in [4.78, 5) is 2.31. The number of rotatable bonds is 5. The number of hydrogen-bond acceptors (Lipinski definition) is 4. The van der Waals surface area contributed by atoms with Crippen molar-refractivity contribution in [2.45, 2.75) is 19.6 Å². The molecule has 20 heavy (non-hydrogen) atoms. The Hall–Kier alpha value is -0.520. The van der Waals surface area contributed by atoms with Gasteiger partial charge in [-0.1, -0.05) is 30.1 Å². The van der Waals surface area contributed by atoms with E-state index < -0.39 is 0 Å². The second kappa shape index (κ2) is 7.48. The smallest absolute Gasteiger partial charge is 0.143 e. The standard InChI is InChI=1S/C14H19Cl2NO3/c1-2-17-3-4-19-12(7-17)9-20-14-10(8-18)5-11(15)6-13(14)16/h5-6,12,18H,2-4,7-9H2,1H3. The summed E-state index contributed by atoms with van der Waals surface area (Å²) in [5.41, 5.74) is 0.589. The first-order valence-corrected chi connectivity index (χ1v) is 7.45. The third-order valence-corrected chi connectivity index (χ3v) is 3.84. The Morgan fingerprint density at radius 1 is 1.45 bits per heavy atom. The Kier molecular flexibility index (Phi) is 5.93. The fourth-order valence-electron chi connectivity index (χ4n) is 2.24. The molecule has 1 atom stereocenters. The summed E-state index contributed by atoms with van der Waals surface area (Å²) in [6.07, 6.45) is 0.0157. The fourth-order valence-corrected chi connectivity index (χ4v) is 2.83. The zero-order valence-electron chi connectivity index (χ0n) is 11.4. The van der Waals surface area contributed by atoms with Gasteiger partial charge in [0.05, 0.1) is 18.2 Å². The monoisotopic (exact) mass is 319 g/mol. The van der Waals surface area contributed by atoms with Gasteiger partial charge >= 0.3 is 0 Å². The van der Waals surface area contributed by atoms with Gasteiger partial charge < -0.3 is 14.6 Å². The third-order valence-electron chi connectivity index (χ3n) is 3.34. The molecule has 1 aromatic rings. The quantitative estimate of drug-likeness (QED) is 0.905. The lowest BCUT2D eigenvalue weighted by molar-refractivity contribution is -0.0466. The van der Waals surface area contributed by atoms with Crippen LogP contribution >= 0.6 is 23.2 Å².